The molecule has 2 bridgehead atoms. The van der Waals surface area contributed by atoms with Crippen LogP contribution in [0.3, 0.4) is 0 Å². The molecule has 1 aromatic heterocycles. The summed E-state index contributed by atoms with van der Waals surface area (Å²) in [4.78, 5) is 43.4. The first-order chi connectivity index (χ1) is 23.8. The number of esters is 3. The minimum absolute atomic E-state index is 0.154. The standard InChI is InChI=1S/C39H45NO10/c1-25(41)47-24-38-32(45-22-27-13-8-6-9-14-27)19-30-33(46-23-28-15-10-7-11-16-28)39(38,50-36(30,3)4)37(5,44)20-31(34(38)48-26(2)42)49-35(43)29-17-12-18-40-21-29/h6-18,21,30-34,44H,19-20,22-24H2,1-5H3/t30-,31+,32+,33-,34+,37-,38-,39+/m1/s1. The van der Waals surface area contributed by atoms with Crippen molar-refractivity contribution in [3.8, 4) is 0 Å². The van der Waals surface area contributed by atoms with Gasteiger partial charge < -0.3 is 33.5 Å². The van der Waals surface area contributed by atoms with Crippen LogP contribution in [0, 0.1) is 11.3 Å². The van der Waals surface area contributed by atoms with Gasteiger partial charge in [-0.05, 0) is 50.5 Å². The molecule has 3 fully saturated rings. The van der Waals surface area contributed by atoms with Gasteiger partial charge in [0.2, 0.25) is 0 Å². The lowest BCUT2D eigenvalue weighted by Crippen LogP contribution is -2.83. The molecule has 50 heavy (non-hydrogen) atoms. The molecule has 0 amide bonds. The van der Waals surface area contributed by atoms with E-state index < -0.39 is 71.1 Å². The van der Waals surface area contributed by atoms with Gasteiger partial charge in [-0.2, -0.15) is 0 Å². The number of ether oxygens (including phenoxy) is 6. The molecule has 0 unspecified atom stereocenters. The first kappa shape index (κ1) is 35.7. The number of aromatic nitrogens is 1. The number of hydrogen-bond acceptors (Lipinski definition) is 11. The molecule has 3 aliphatic rings. The molecule has 2 aliphatic carbocycles. The average Bonchev–Trinajstić information content (AvgIpc) is 3.27. The molecular formula is C39H45NO10. The van der Waals surface area contributed by atoms with Crippen LogP contribution in [0.25, 0.3) is 0 Å². The van der Waals surface area contributed by atoms with Crippen molar-refractivity contribution in [3.05, 3.63) is 102 Å². The third kappa shape index (κ3) is 6.32. The van der Waals surface area contributed by atoms with E-state index in [-0.39, 0.29) is 31.1 Å². The number of pyridine rings is 1. The van der Waals surface area contributed by atoms with Crippen LogP contribution in [0.15, 0.2) is 85.2 Å². The van der Waals surface area contributed by atoms with E-state index in [4.69, 9.17) is 28.4 Å². The molecule has 3 aromatic rings. The van der Waals surface area contributed by atoms with Crippen LogP contribution in [0.5, 0.6) is 0 Å². The number of nitrogens with zero attached hydrogens (tertiary/aromatic N) is 1. The molecule has 2 heterocycles. The maximum absolute atomic E-state index is 13.6. The van der Waals surface area contributed by atoms with E-state index >= 15 is 0 Å². The second kappa shape index (κ2) is 13.9. The Morgan fingerprint density at radius 3 is 2.06 bits per heavy atom. The summed E-state index contributed by atoms with van der Waals surface area (Å²) in [6.45, 7) is 7.97. The Labute approximate surface area is 292 Å². The van der Waals surface area contributed by atoms with Gasteiger partial charge in [-0.3, -0.25) is 14.6 Å². The third-order valence-corrected chi connectivity index (χ3v) is 10.6. The highest BCUT2D eigenvalue weighted by Crippen LogP contribution is 2.69. The predicted octanol–water partition coefficient (Wildman–Crippen LogP) is 4.98. The number of carbonyl (C=O) groups excluding carboxylic acids is 3. The number of aliphatic hydroxyl groups is 1. The predicted molar refractivity (Wildman–Crippen MR) is 179 cm³/mol. The van der Waals surface area contributed by atoms with Gasteiger partial charge in [-0.1, -0.05) is 60.7 Å². The van der Waals surface area contributed by atoms with Crippen molar-refractivity contribution in [2.45, 2.75) is 102 Å². The van der Waals surface area contributed by atoms with E-state index in [0.29, 0.717) is 6.42 Å². The molecular weight excluding hydrogens is 642 g/mol. The van der Waals surface area contributed by atoms with Crippen LogP contribution < -0.4 is 0 Å². The Morgan fingerprint density at radius 1 is 0.840 bits per heavy atom. The smallest absolute Gasteiger partial charge is 0.340 e. The Kier molecular flexibility index (Phi) is 9.89. The maximum Gasteiger partial charge on any atom is 0.340 e. The molecule has 6 rings (SSSR count). The van der Waals surface area contributed by atoms with Gasteiger partial charge in [0.05, 0.1) is 42.2 Å². The van der Waals surface area contributed by atoms with Gasteiger partial charge >= 0.3 is 17.9 Å². The largest absolute Gasteiger partial charge is 0.465 e. The summed E-state index contributed by atoms with van der Waals surface area (Å²) in [5.41, 5.74) is -4.09. The minimum Gasteiger partial charge on any atom is -0.465 e. The topological polar surface area (TPSA) is 140 Å². The fourth-order valence-corrected chi connectivity index (χ4v) is 8.58. The zero-order valence-corrected chi connectivity index (χ0v) is 29.1. The molecule has 11 heteroatoms. The van der Waals surface area contributed by atoms with Gasteiger partial charge in [0, 0.05) is 38.6 Å². The molecule has 1 N–H and O–H groups in total. The number of carbonyl (C=O) groups is 3. The molecule has 1 aliphatic heterocycles. The Bertz CT molecular complexity index is 1670. The molecule has 2 saturated carbocycles. The average molecular weight is 688 g/mol. The number of fused-ring (bicyclic) bond motifs is 1. The summed E-state index contributed by atoms with van der Waals surface area (Å²) < 4.78 is 39.0. The third-order valence-electron chi connectivity index (χ3n) is 10.6. The van der Waals surface area contributed by atoms with Crippen LogP contribution in [-0.4, -0.2) is 75.8 Å². The lowest BCUT2D eigenvalue weighted by Gasteiger charge is -2.66. The monoisotopic (exact) mass is 687 g/mol. The number of rotatable bonds is 11. The van der Waals surface area contributed by atoms with Gasteiger partial charge in [-0.25, -0.2) is 4.79 Å². The molecule has 0 radical (unpaired) electrons. The zero-order chi connectivity index (χ0) is 35.7. The second-order valence-corrected chi connectivity index (χ2v) is 14.3. The molecule has 2 aromatic carbocycles. The Morgan fingerprint density at radius 2 is 1.48 bits per heavy atom. The fraction of sp³-hybridized carbons (Fsp3) is 0.487. The minimum atomic E-state index is -1.81. The summed E-state index contributed by atoms with van der Waals surface area (Å²) in [7, 11) is 0. The summed E-state index contributed by atoms with van der Waals surface area (Å²) in [6.07, 6.45) is -1.15. The van der Waals surface area contributed by atoms with Crippen molar-refractivity contribution in [2.24, 2.45) is 11.3 Å². The van der Waals surface area contributed by atoms with Crippen molar-refractivity contribution in [1.82, 2.24) is 4.98 Å². The summed E-state index contributed by atoms with van der Waals surface area (Å²) in [5.74, 6) is -2.32. The van der Waals surface area contributed by atoms with Crippen molar-refractivity contribution in [3.63, 3.8) is 0 Å². The Balaban J connectivity index is 1.55. The highest BCUT2D eigenvalue weighted by atomic mass is 16.6. The molecule has 8 atom stereocenters. The van der Waals surface area contributed by atoms with E-state index in [1.165, 1.54) is 26.2 Å². The maximum atomic E-state index is 13.6. The van der Waals surface area contributed by atoms with E-state index in [1.54, 1.807) is 19.1 Å². The van der Waals surface area contributed by atoms with Crippen molar-refractivity contribution < 1.29 is 47.9 Å². The van der Waals surface area contributed by atoms with Crippen LogP contribution in [0.2, 0.25) is 0 Å². The van der Waals surface area contributed by atoms with E-state index in [1.807, 2.05) is 74.5 Å². The quantitative estimate of drug-likeness (QED) is 0.216. The SMILES string of the molecule is CC(=O)OC[C@]12[C@@H](OCc3ccccc3)C[C@@H]3[C@@H](OCc4ccccc4)[C@]1(OC3(C)C)[C@](C)(O)C[C@H](OC(=O)c1cccnc1)[C@@H]2OC(C)=O. The van der Waals surface area contributed by atoms with E-state index in [2.05, 4.69) is 4.98 Å². The lowest BCUT2D eigenvalue weighted by molar-refractivity contribution is -0.363. The summed E-state index contributed by atoms with van der Waals surface area (Å²) in [6, 6.07) is 22.4. The van der Waals surface area contributed by atoms with Crippen LogP contribution in [0.4, 0.5) is 0 Å². The van der Waals surface area contributed by atoms with Gasteiger partial charge in [0.15, 0.2) is 6.10 Å². The molecule has 11 nitrogen and oxygen atoms in total. The summed E-state index contributed by atoms with van der Waals surface area (Å²) >= 11 is 0. The van der Waals surface area contributed by atoms with Crippen molar-refractivity contribution in [1.29, 1.82) is 0 Å². The zero-order valence-electron chi connectivity index (χ0n) is 29.1. The van der Waals surface area contributed by atoms with Gasteiger partial charge in [0.1, 0.15) is 23.7 Å². The summed E-state index contributed by atoms with van der Waals surface area (Å²) in [5, 5.41) is 12.9. The van der Waals surface area contributed by atoms with E-state index in [0.717, 1.165) is 11.1 Å². The van der Waals surface area contributed by atoms with Crippen LogP contribution in [-0.2, 0) is 51.2 Å². The van der Waals surface area contributed by atoms with Crippen molar-refractivity contribution in [2.75, 3.05) is 6.61 Å². The second-order valence-electron chi connectivity index (χ2n) is 14.3. The highest BCUT2D eigenvalue weighted by Gasteiger charge is 2.85. The highest BCUT2D eigenvalue weighted by molar-refractivity contribution is 5.89. The van der Waals surface area contributed by atoms with Crippen LogP contribution in [0.1, 0.15) is 68.9 Å². The first-order valence-electron chi connectivity index (χ1n) is 17.0. The Hall–Kier alpha value is -4.16. The van der Waals surface area contributed by atoms with Gasteiger partial charge in [-0.15, -0.1) is 0 Å². The van der Waals surface area contributed by atoms with Crippen LogP contribution >= 0.6 is 0 Å². The molecule has 266 valence electrons. The van der Waals surface area contributed by atoms with Gasteiger partial charge in [0.25, 0.3) is 0 Å². The number of benzene rings is 2. The number of hydrogen-bond donors (Lipinski definition) is 1. The molecule has 1 saturated heterocycles. The lowest BCUT2D eigenvalue weighted by atomic mass is 9.46. The first-order valence-corrected chi connectivity index (χ1v) is 17.0. The van der Waals surface area contributed by atoms with E-state index in [9.17, 15) is 19.5 Å². The fourth-order valence-electron chi connectivity index (χ4n) is 8.58. The molecule has 1 spiro atoms. The normalized spacial score (nSPS) is 32.4. The van der Waals surface area contributed by atoms with Crippen molar-refractivity contribution >= 4 is 17.9 Å².